The maximum absolute atomic E-state index is 12.5. The zero-order chi connectivity index (χ0) is 15.7. The van der Waals surface area contributed by atoms with Crippen molar-refractivity contribution < 1.29 is 14.3 Å². The number of hydrogen-bond donors (Lipinski definition) is 2. The predicted octanol–water partition coefficient (Wildman–Crippen LogP) is 2.43. The van der Waals surface area contributed by atoms with Crippen LogP contribution in [0.3, 0.4) is 0 Å². The summed E-state index contributed by atoms with van der Waals surface area (Å²) < 4.78 is 10.9. The molecule has 5 heteroatoms. The van der Waals surface area contributed by atoms with Crippen LogP contribution in [-0.2, 0) is 14.3 Å². The van der Waals surface area contributed by atoms with Crippen LogP contribution in [0.1, 0.15) is 39.5 Å². The summed E-state index contributed by atoms with van der Waals surface area (Å²) in [4.78, 5) is 12.5. The Bertz CT molecular complexity index is 514. The molecule has 0 radical (unpaired) electrons. The second kappa shape index (κ2) is 5.75. The largest absolute Gasteiger partial charge is 0.346 e. The van der Waals surface area contributed by atoms with Crippen LogP contribution in [0.4, 0.5) is 5.69 Å². The first-order chi connectivity index (χ1) is 9.72. The summed E-state index contributed by atoms with van der Waals surface area (Å²) >= 11 is 0. The van der Waals surface area contributed by atoms with Gasteiger partial charge in [0.2, 0.25) is 5.91 Å². The van der Waals surface area contributed by atoms with Gasteiger partial charge in [-0.25, -0.2) is 0 Å². The fourth-order valence-corrected chi connectivity index (χ4v) is 1.89. The van der Waals surface area contributed by atoms with Crippen LogP contribution in [0.2, 0.25) is 0 Å². The molecule has 1 amide bonds. The van der Waals surface area contributed by atoms with Crippen molar-refractivity contribution in [3.8, 4) is 0 Å². The highest BCUT2D eigenvalue weighted by molar-refractivity contribution is 5.95. The summed E-state index contributed by atoms with van der Waals surface area (Å²) in [6, 6.07) is 7.50. The number of carbonyl (C=O) groups is 1. The van der Waals surface area contributed by atoms with E-state index in [9.17, 15) is 4.79 Å². The second-order valence-corrected chi connectivity index (χ2v) is 6.50. The van der Waals surface area contributed by atoms with Crippen LogP contribution in [0, 0.1) is 5.41 Å². The van der Waals surface area contributed by atoms with Gasteiger partial charge in [-0.2, -0.15) is 0 Å². The molecule has 3 N–H and O–H groups in total. The number of benzene rings is 1. The molecule has 2 rings (SSSR count). The van der Waals surface area contributed by atoms with E-state index in [1.165, 1.54) is 0 Å². The van der Waals surface area contributed by atoms with Crippen LogP contribution in [0.15, 0.2) is 24.3 Å². The summed E-state index contributed by atoms with van der Waals surface area (Å²) in [6.45, 7) is 8.57. The molecule has 0 unspecified atom stereocenters. The van der Waals surface area contributed by atoms with E-state index >= 15 is 0 Å². The van der Waals surface area contributed by atoms with Gasteiger partial charge in [0.25, 0.3) is 0 Å². The number of nitrogens with two attached hydrogens (primary N) is 1. The molecule has 0 saturated carbocycles. The van der Waals surface area contributed by atoms with Crippen molar-refractivity contribution in [3.05, 3.63) is 29.8 Å². The first-order valence-electron chi connectivity index (χ1n) is 7.15. The van der Waals surface area contributed by atoms with Gasteiger partial charge in [-0.05, 0) is 39.8 Å². The average Bonchev–Trinajstić information content (AvgIpc) is 2.91. The number of anilines is 1. The van der Waals surface area contributed by atoms with Gasteiger partial charge in [0.15, 0.2) is 6.29 Å². The first-order valence-corrected chi connectivity index (χ1v) is 7.15. The molecule has 116 valence electrons. The van der Waals surface area contributed by atoms with Crippen LogP contribution in [0.25, 0.3) is 0 Å². The molecule has 1 fully saturated rings. The molecule has 1 aromatic rings. The number of ether oxygens (including phenoxy) is 2. The minimum absolute atomic E-state index is 0.111. The molecular formula is C16H24N2O3. The van der Waals surface area contributed by atoms with E-state index in [2.05, 4.69) is 5.32 Å². The average molecular weight is 292 g/mol. The molecule has 1 saturated heterocycles. The molecule has 21 heavy (non-hydrogen) atoms. The lowest BCUT2D eigenvalue weighted by Gasteiger charge is -2.36. The van der Waals surface area contributed by atoms with Gasteiger partial charge in [-0.1, -0.05) is 12.1 Å². The number of amides is 1. The van der Waals surface area contributed by atoms with E-state index in [1.54, 1.807) is 0 Å². The monoisotopic (exact) mass is 292 g/mol. The van der Waals surface area contributed by atoms with E-state index in [0.29, 0.717) is 18.9 Å². The van der Waals surface area contributed by atoms with Gasteiger partial charge >= 0.3 is 0 Å². The molecule has 5 nitrogen and oxygen atoms in total. The van der Waals surface area contributed by atoms with E-state index in [-0.39, 0.29) is 12.2 Å². The molecule has 1 aliphatic rings. The molecule has 1 heterocycles. The van der Waals surface area contributed by atoms with Gasteiger partial charge in [0.1, 0.15) is 0 Å². The minimum Gasteiger partial charge on any atom is -0.346 e. The maximum atomic E-state index is 12.5. The molecule has 0 aliphatic carbocycles. The Morgan fingerprint density at radius 2 is 1.86 bits per heavy atom. The van der Waals surface area contributed by atoms with E-state index in [4.69, 9.17) is 15.2 Å². The van der Waals surface area contributed by atoms with E-state index in [0.717, 1.165) is 5.56 Å². The Balaban J connectivity index is 2.13. The summed E-state index contributed by atoms with van der Waals surface area (Å²) in [7, 11) is 0. The molecule has 1 aromatic carbocycles. The lowest BCUT2D eigenvalue weighted by molar-refractivity contribution is -0.126. The normalized spacial score (nSPS) is 17.0. The fourth-order valence-electron chi connectivity index (χ4n) is 1.89. The molecular weight excluding hydrogens is 268 g/mol. The standard InChI is InChI=1S/C16H24N2O3/c1-15(2,16(3,4)17)14(19)18-12-7-5-6-11(10-12)13-20-8-9-21-13/h5-7,10,13H,8-9,17H2,1-4H3,(H,18,19). The van der Waals surface area contributed by atoms with Crippen molar-refractivity contribution in [2.75, 3.05) is 18.5 Å². The lowest BCUT2D eigenvalue weighted by atomic mass is 9.74. The highest BCUT2D eigenvalue weighted by atomic mass is 16.7. The highest BCUT2D eigenvalue weighted by Crippen LogP contribution is 2.31. The molecule has 0 atom stereocenters. The third-order valence-electron chi connectivity index (χ3n) is 4.22. The SMILES string of the molecule is CC(C)(N)C(C)(C)C(=O)Nc1cccc(C2OCCO2)c1. The zero-order valence-electron chi connectivity index (χ0n) is 13.1. The van der Waals surface area contributed by atoms with E-state index in [1.807, 2.05) is 52.0 Å². The Hall–Kier alpha value is -1.43. The zero-order valence-corrected chi connectivity index (χ0v) is 13.1. The Labute approximate surface area is 125 Å². The van der Waals surface area contributed by atoms with Crippen molar-refractivity contribution in [1.82, 2.24) is 0 Å². The van der Waals surface area contributed by atoms with Gasteiger partial charge in [0.05, 0.1) is 18.6 Å². The predicted molar refractivity (Wildman–Crippen MR) is 81.8 cm³/mol. The molecule has 1 aliphatic heterocycles. The highest BCUT2D eigenvalue weighted by Gasteiger charge is 2.40. The lowest BCUT2D eigenvalue weighted by Crippen LogP contribution is -2.53. The summed E-state index contributed by atoms with van der Waals surface area (Å²) in [6.07, 6.45) is -0.346. The third kappa shape index (κ3) is 3.43. The number of nitrogens with one attached hydrogen (secondary N) is 1. The Morgan fingerprint density at radius 3 is 2.43 bits per heavy atom. The minimum atomic E-state index is -0.691. The van der Waals surface area contributed by atoms with Crippen LogP contribution >= 0.6 is 0 Å². The van der Waals surface area contributed by atoms with Crippen molar-refractivity contribution in [1.29, 1.82) is 0 Å². The van der Waals surface area contributed by atoms with Crippen LogP contribution in [-0.4, -0.2) is 24.7 Å². The molecule has 0 bridgehead atoms. The van der Waals surface area contributed by atoms with Crippen LogP contribution in [0.5, 0.6) is 0 Å². The smallest absolute Gasteiger partial charge is 0.231 e. The Morgan fingerprint density at radius 1 is 1.24 bits per heavy atom. The fraction of sp³-hybridized carbons (Fsp3) is 0.562. The number of rotatable bonds is 4. The molecule has 0 aromatic heterocycles. The second-order valence-electron chi connectivity index (χ2n) is 6.50. The van der Waals surface area contributed by atoms with Crippen molar-refractivity contribution in [3.63, 3.8) is 0 Å². The van der Waals surface area contributed by atoms with Gasteiger partial charge in [-0.15, -0.1) is 0 Å². The van der Waals surface area contributed by atoms with Crippen LogP contribution < -0.4 is 11.1 Å². The number of carbonyl (C=O) groups excluding carboxylic acids is 1. The topological polar surface area (TPSA) is 73.6 Å². The van der Waals surface area contributed by atoms with Crippen molar-refractivity contribution in [2.45, 2.75) is 39.5 Å². The summed E-state index contributed by atoms with van der Waals surface area (Å²) in [5.41, 5.74) is 6.40. The van der Waals surface area contributed by atoms with Crippen molar-refractivity contribution in [2.24, 2.45) is 11.1 Å². The first kappa shape index (κ1) is 15.9. The summed E-state index contributed by atoms with van der Waals surface area (Å²) in [5, 5.41) is 2.92. The quantitative estimate of drug-likeness (QED) is 0.894. The van der Waals surface area contributed by atoms with Gasteiger partial charge in [0, 0.05) is 16.8 Å². The van der Waals surface area contributed by atoms with E-state index < -0.39 is 11.0 Å². The van der Waals surface area contributed by atoms with Crippen molar-refractivity contribution >= 4 is 11.6 Å². The number of hydrogen-bond acceptors (Lipinski definition) is 4. The third-order valence-corrected chi connectivity index (χ3v) is 4.22. The molecule has 0 spiro atoms. The maximum Gasteiger partial charge on any atom is 0.231 e. The summed E-state index contributed by atoms with van der Waals surface area (Å²) in [5.74, 6) is -0.111. The van der Waals surface area contributed by atoms with Gasteiger partial charge in [-0.3, -0.25) is 4.79 Å². The van der Waals surface area contributed by atoms with Gasteiger partial charge < -0.3 is 20.5 Å². The Kier molecular flexibility index (Phi) is 4.37.